The SMILES string of the molecule is N#Cc1nc(N)cnc1-c1ccc(-c2ccc(C(F)(F)F)cc2Oc2ncccn2)cc1F.N#Cc1nc(N)cnc1-c1ccc(-c2ccccc2Oc2nccc(N)n2)cc1F. The van der Waals surface area contributed by atoms with Gasteiger partial charge in [-0.3, -0.25) is 0 Å². The molecular weight excluding hydrogens is 826 g/mol. The van der Waals surface area contributed by atoms with E-state index in [0.717, 1.165) is 18.2 Å². The molecule has 15 nitrogen and oxygen atoms in total. The van der Waals surface area contributed by atoms with Crippen LogP contribution in [0.1, 0.15) is 17.0 Å². The van der Waals surface area contributed by atoms with Crippen molar-refractivity contribution in [3.05, 3.63) is 151 Å². The molecule has 0 atom stereocenters. The standard InChI is InChI=1S/C22H12F4N6O.C21H14FN7O/c23-16-8-12(2-4-15(16)20-17(10-27)32-19(28)11-31-20)14-5-3-13(22(24,25)26)9-18(14)33-21-29-6-1-7-30-21;22-15-9-12(5-6-14(15)20-16(10-23)28-19(25)11-27-20)13-3-1-2-4-17(13)30-21-26-8-7-18(24)29-21/h1-9,11H,(H2,28,32);1-9,11H,(H2,25,28)(H2,24,26,29). The van der Waals surface area contributed by atoms with Crippen LogP contribution in [0.15, 0.2) is 122 Å². The van der Waals surface area contributed by atoms with E-state index in [1.54, 1.807) is 42.5 Å². The summed E-state index contributed by atoms with van der Waals surface area (Å²) in [7, 11) is 0. The maximum Gasteiger partial charge on any atom is 0.416 e. The number of nitrogen functional groups attached to an aromatic ring is 3. The zero-order valence-electron chi connectivity index (χ0n) is 32.0. The molecule has 8 rings (SSSR count). The highest BCUT2D eigenvalue weighted by Gasteiger charge is 2.32. The normalized spacial score (nSPS) is 10.8. The molecule has 63 heavy (non-hydrogen) atoms. The summed E-state index contributed by atoms with van der Waals surface area (Å²) in [4.78, 5) is 31.5. The Morgan fingerprint density at radius 2 is 1.03 bits per heavy atom. The summed E-state index contributed by atoms with van der Waals surface area (Å²) in [6.45, 7) is 0. The van der Waals surface area contributed by atoms with Crippen molar-refractivity contribution in [2.24, 2.45) is 0 Å². The fourth-order valence-corrected chi connectivity index (χ4v) is 5.86. The van der Waals surface area contributed by atoms with E-state index in [9.17, 15) is 28.1 Å². The fraction of sp³-hybridized carbons (Fsp3) is 0.0233. The van der Waals surface area contributed by atoms with Gasteiger partial charge in [0.1, 0.15) is 64.1 Å². The van der Waals surface area contributed by atoms with Crippen molar-refractivity contribution in [2.75, 3.05) is 17.2 Å². The first-order chi connectivity index (χ1) is 30.3. The lowest BCUT2D eigenvalue weighted by Crippen LogP contribution is -2.05. The Balaban J connectivity index is 0.000000190. The van der Waals surface area contributed by atoms with Crippen molar-refractivity contribution in [1.82, 2.24) is 39.9 Å². The smallest absolute Gasteiger partial charge is 0.416 e. The quantitative estimate of drug-likeness (QED) is 0.121. The van der Waals surface area contributed by atoms with E-state index in [1.807, 2.05) is 6.07 Å². The lowest BCUT2D eigenvalue weighted by Gasteiger charge is -2.14. The van der Waals surface area contributed by atoms with Crippen molar-refractivity contribution in [3.8, 4) is 80.4 Å². The Kier molecular flexibility index (Phi) is 12.0. The second kappa shape index (κ2) is 18.0. The molecule has 4 aromatic heterocycles. The summed E-state index contributed by atoms with van der Waals surface area (Å²) < 4.78 is 80.9. The number of ether oxygens (including phenoxy) is 2. The molecule has 0 amide bonds. The summed E-state index contributed by atoms with van der Waals surface area (Å²) in [5, 5.41) is 18.5. The van der Waals surface area contributed by atoms with Crippen LogP contribution in [0, 0.1) is 34.3 Å². The predicted octanol–water partition coefficient (Wildman–Crippen LogP) is 8.57. The monoisotopic (exact) mass is 851 g/mol. The van der Waals surface area contributed by atoms with Crippen molar-refractivity contribution < 1.29 is 31.4 Å². The molecule has 0 saturated heterocycles. The molecule has 0 spiro atoms. The number of benzene rings is 4. The van der Waals surface area contributed by atoms with E-state index in [4.69, 9.17) is 26.7 Å². The van der Waals surface area contributed by atoms with E-state index in [1.165, 1.54) is 67.4 Å². The van der Waals surface area contributed by atoms with E-state index in [-0.39, 0.29) is 80.3 Å². The van der Waals surface area contributed by atoms with Gasteiger partial charge in [-0.25, -0.2) is 43.7 Å². The molecule has 0 aliphatic heterocycles. The van der Waals surface area contributed by atoms with Gasteiger partial charge in [0.25, 0.3) is 0 Å². The van der Waals surface area contributed by atoms with Crippen molar-refractivity contribution >= 4 is 17.5 Å². The minimum atomic E-state index is -4.62. The van der Waals surface area contributed by atoms with E-state index < -0.39 is 23.4 Å². The number of rotatable bonds is 8. The van der Waals surface area contributed by atoms with Gasteiger partial charge in [0.05, 0.1) is 18.0 Å². The molecule has 0 bridgehead atoms. The van der Waals surface area contributed by atoms with Crippen molar-refractivity contribution in [3.63, 3.8) is 0 Å². The Bertz CT molecular complexity index is 3070. The molecule has 0 radical (unpaired) electrons. The number of anilines is 3. The van der Waals surface area contributed by atoms with E-state index >= 15 is 4.39 Å². The van der Waals surface area contributed by atoms with Crippen LogP contribution >= 0.6 is 0 Å². The third-order valence-electron chi connectivity index (χ3n) is 8.66. The largest absolute Gasteiger partial charge is 0.424 e. The highest BCUT2D eigenvalue weighted by atomic mass is 19.4. The van der Waals surface area contributed by atoms with E-state index in [2.05, 4.69) is 39.9 Å². The lowest BCUT2D eigenvalue weighted by atomic mass is 9.99. The molecule has 0 fully saturated rings. The summed E-state index contributed by atoms with van der Waals surface area (Å²) >= 11 is 0. The number of hydrogen-bond donors (Lipinski definition) is 3. The average Bonchev–Trinajstić information content (AvgIpc) is 3.27. The van der Waals surface area contributed by atoms with Gasteiger partial charge < -0.3 is 26.7 Å². The number of nitrogens with two attached hydrogens (primary N) is 3. The topological polar surface area (TPSA) is 247 Å². The van der Waals surface area contributed by atoms with Crippen LogP contribution < -0.4 is 26.7 Å². The minimum absolute atomic E-state index is 0.00186. The number of aromatic nitrogens is 8. The second-order valence-electron chi connectivity index (χ2n) is 12.8. The highest BCUT2D eigenvalue weighted by molar-refractivity contribution is 5.77. The van der Waals surface area contributed by atoms with Gasteiger partial charge in [-0.15, -0.1) is 0 Å². The zero-order valence-corrected chi connectivity index (χ0v) is 32.0. The van der Waals surface area contributed by atoms with Gasteiger partial charge in [0.2, 0.25) is 0 Å². The molecule has 6 N–H and O–H groups in total. The van der Waals surface area contributed by atoms with Crippen LogP contribution in [0.25, 0.3) is 44.8 Å². The Morgan fingerprint density at radius 3 is 1.57 bits per heavy atom. The molecule has 20 heteroatoms. The summed E-state index contributed by atoms with van der Waals surface area (Å²) in [6, 6.07) is 25.0. The number of nitrogens with zero attached hydrogens (tertiary/aromatic N) is 10. The summed E-state index contributed by atoms with van der Waals surface area (Å²) in [6.07, 6.45) is 2.05. The molecular formula is C43H26F5N13O2. The number of hydrogen-bond acceptors (Lipinski definition) is 15. The van der Waals surface area contributed by atoms with Crippen LogP contribution in [0.3, 0.4) is 0 Å². The van der Waals surface area contributed by atoms with Gasteiger partial charge in [0.15, 0.2) is 11.4 Å². The van der Waals surface area contributed by atoms with Crippen molar-refractivity contribution in [1.29, 1.82) is 10.5 Å². The molecule has 310 valence electrons. The van der Waals surface area contributed by atoms with Gasteiger partial charge in [0, 0.05) is 40.8 Å². The fourth-order valence-electron chi connectivity index (χ4n) is 5.86. The first kappa shape index (κ1) is 42.0. The molecule has 8 aromatic rings. The van der Waals surface area contributed by atoms with Crippen molar-refractivity contribution in [2.45, 2.75) is 6.18 Å². The Morgan fingerprint density at radius 1 is 0.508 bits per heavy atom. The Hall–Kier alpha value is -9.17. The van der Waals surface area contributed by atoms with Gasteiger partial charge in [-0.1, -0.05) is 36.4 Å². The van der Waals surface area contributed by atoms with Crippen LogP contribution in [-0.2, 0) is 6.18 Å². The Labute approximate surface area is 353 Å². The second-order valence-corrected chi connectivity index (χ2v) is 12.8. The zero-order chi connectivity index (χ0) is 44.7. The number of halogens is 5. The minimum Gasteiger partial charge on any atom is -0.424 e. The molecule has 4 aromatic carbocycles. The lowest BCUT2D eigenvalue weighted by molar-refractivity contribution is -0.137. The van der Waals surface area contributed by atoms with Gasteiger partial charge in [-0.05, 0) is 65.7 Å². The molecule has 4 heterocycles. The number of para-hydroxylation sites is 1. The third kappa shape index (κ3) is 9.67. The third-order valence-corrected chi connectivity index (χ3v) is 8.66. The number of alkyl halides is 3. The van der Waals surface area contributed by atoms with Crippen LogP contribution in [0.2, 0.25) is 0 Å². The van der Waals surface area contributed by atoms with Gasteiger partial charge >= 0.3 is 18.2 Å². The number of nitriles is 2. The molecule has 0 unspecified atom stereocenters. The maximum atomic E-state index is 15.0. The van der Waals surface area contributed by atoms with Crippen LogP contribution in [0.5, 0.6) is 23.5 Å². The first-order valence-electron chi connectivity index (χ1n) is 18.0. The average molecular weight is 852 g/mol. The highest BCUT2D eigenvalue weighted by Crippen LogP contribution is 2.40. The van der Waals surface area contributed by atoms with Crippen LogP contribution in [-0.4, -0.2) is 39.9 Å². The summed E-state index contributed by atoms with van der Waals surface area (Å²) in [5.74, 6) is -0.772. The predicted molar refractivity (Wildman–Crippen MR) is 218 cm³/mol. The molecule has 0 aliphatic carbocycles. The first-order valence-corrected chi connectivity index (χ1v) is 18.0. The van der Waals surface area contributed by atoms with Gasteiger partial charge in [-0.2, -0.15) is 28.7 Å². The maximum absolute atomic E-state index is 15.0. The van der Waals surface area contributed by atoms with Crippen LogP contribution in [0.4, 0.5) is 39.4 Å². The summed E-state index contributed by atoms with van der Waals surface area (Å²) in [5.41, 5.74) is 17.4. The van der Waals surface area contributed by atoms with E-state index in [0.29, 0.717) is 16.9 Å². The molecule has 0 saturated carbocycles. The molecule has 0 aliphatic rings.